The molecule has 1 amide bonds. The molecule has 3 aromatic rings. The first-order chi connectivity index (χ1) is 16.6. The van der Waals surface area contributed by atoms with Crippen LogP contribution in [-0.2, 0) is 17.4 Å². The summed E-state index contributed by atoms with van der Waals surface area (Å²) in [5.74, 6) is -0.601. The van der Waals surface area contributed by atoms with E-state index in [1.54, 1.807) is 18.2 Å². The van der Waals surface area contributed by atoms with Crippen molar-refractivity contribution in [2.75, 3.05) is 22.9 Å². The third kappa shape index (κ3) is 5.83. The molecular formula is C23H25F4N7O. The summed E-state index contributed by atoms with van der Waals surface area (Å²) in [5, 5.41) is 8.42. The van der Waals surface area contributed by atoms with Gasteiger partial charge in [-0.25, -0.2) is 14.4 Å². The molecule has 0 spiro atoms. The molecule has 186 valence electrons. The summed E-state index contributed by atoms with van der Waals surface area (Å²) >= 11 is 0. The second-order valence-corrected chi connectivity index (χ2v) is 6.94. The number of nitrogens with two attached hydrogens (primary N) is 3. The maximum Gasteiger partial charge on any atom is 0.416 e. The minimum Gasteiger partial charge on any atom is -0.383 e. The molecular weight excluding hydrogens is 466 g/mol. The van der Waals surface area contributed by atoms with Crippen LogP contribution in [0.4, 0.5) is 40.6 Å². The van der Waals surface area contributed by atoms with E-state index < -0.39 is 17.6 Å². The molecule has 1 aliphatic heterocycles. The van der Waals surface area contributed by atoms with Crippen molar-refractivity contribution >= 4 is 35.1 Å². The van der Waals surface area contributed by atoms with Gasteiger partial charge in [0.05, 0.1) is 22.5 Å². The van der Waals surface area contributed by atoms with Crippen molar-refractivity contribution in [3.05, 3.63) is 70.8 Å². The van der Waals surface area contributed by atoms with Crippen molar-refractivity contribution in [3.63, 3.8) is 0 Å². The standard InChI is InChI=1S/C20H16F4N6.C2H6.CH3NO/c21-13-3-2-12(20(22,23)24)8-15(13)30-6-5-10-7-11(1-4-14(10)30)17(25)16-18(26)28-9-29-19(16)27;1-2;2-1-3/h1-4,7-9,25H,5-6H2,(H4,26,27,28,29);1-2H3;1H,(H2,2,3). The van der Waals surface area contributed by atoms with Crippen molar-refractivity contribution < 1.29 is 22.4 Å². The number of carbonyl (C=O) groups is 1. The number of amides is 1. The summed E-state index contributed by atoms with van der Waals surface area (Å²) in [6.07, 6.45) is -2.64. The molecule has 1 aromatic heterocycles. The Morgan fingerprint density at radius 1 is 1.06 bits per heavy atom. The van der Waals surface area contributed by atoms with E-state index in [1.807, 2.05) is 13.8 Å². The number of anilines is 4. The summed E-state index contributed by atoms with van der Waals surface area (Å²) in [5.41, 5.74) is 16.8. The van der Waals surface area contributed by atoms with E-state index in [-0.39, 0.29) is 35.0 Å². The summed E-state index contributed by atoms with van der Waals surface area (Å²) in [6, 6.07) is 7.31. The molecule has 0 unspecified atom stereocenters. The Hall–Kier alpha value is -4.22. The molecule has 7 N–H and O–H groups in total. The summed E-state index contributed by atoms with van der Waals surface area (Å²) < 4.78 is 53.5. The van der Waals surface area contributed by atoms with Crippen LogP contribution in [0.15, 0.2) is 42.7 Å². The second kappa shape index (κ2) is 11.3. The third-order valence-electron chi connectivity index (χ3n) is 4.98. The number of nitrogen functional groups attached to an aromatic ring is 2. The number of rotatable bonds is 3. The molecule has 2 heterocycles. The largest absolute Gasteiger partial charge is 0.416 e. The lowest BCUT2D eigenvalue weighted by molar-refractivity contribution is -0.137. The molecule has 0 bridgehead atoms. The molecule has 0 saturated carbocycles. The zero-order valence-electron chi connectivity index (χ0n) is 19.0. The van der Waals surface area contributed by atoms with Crippen LogP contribution in [0.2, 0.25) is 0 Å². The van der Waals surface area contributed by atoms with E-state index in [0.29, 0.717) is 24.2 Å². The number of nitrogens with one attached hydrogen (secondary N) is 1. The van der Waals surface area contributed by atoms with Gasteiger partial charge in [-0.2, -0.15) is 13.2 Å². The SMILES string of the molecule is CC.N=C(c1ccc2c(c1)CCN2c1cc(C(F)(F)F)ccc1F)c1c(N)ncnc1N.NC=O. The topological polar surface area (TPSA) is 148 Å². The van der Waals surface area contributed by atoms with Gasteiger partial charge < -0.3 is 22.1 Å². The van der Waals surface area contributed by atoms with E-state index in [9.17, 15) is 17.6 Å². The minimum atomic E-state index is -4.57. The van der Waals surface area contributed by atoms with Crippen molar-refractivity contribution in [1.82, 2.24) is 9.97 Å². The lowest BCUT2D eigenvalue weighted by Gasteiger charge is -2.22. The fourth-order valence-corrected chi connectivity index (χ4v) is 3.52. The molecule has 4 rings (SSSR count). The maximum atomic E-state index is 14.3. The zero-order valence-corrected chi connectivity index (χ0v) is 19.0. The van der Waals surface area contributed by atoms with Gasteiger partial charge in [0, 0.05) is 17.8 Å². The highest BCUT2D eigenvalue weighted by Crippen LogP contribution is 2.39. The van der Waals surface area contributed by atoms with Crippen LogP contribution in [0.1, 0.15) is 36.1 Å². The van der Waals surface area contributed by atoms with E-state index >= 15 is 0 Å². The predicted octanol–water partition coefficient (Wildman–Crippen LogP) is 4.04. The van der Waals surface area contributed by atoms with Crippen LogP contribution in [0.25, 0.3) is 0 Å². The van der Waals surface area contributed by atoms with Gasteiger partial charge in [0.15, 0.2) is 0 Å². The zero-order chi connectivity index (χ0) is 26.3. The first-order valence-corrected chi connectivity index (χ1v) is 10.5. The molecule has 0 atom stereocenters. The monoisotopic (exact) mass is 491 g/mol. The van der Waals surface area contributed by atoms with Crippen LogP contribution >= 0.6 is 0 Å². The number of halogens is 4. The molecule has 0 aliphatic carbocycles. The smallest absolute Gasteiger partial charge is 0.383 e. The average Bonchev–Trinajstić information content (AvgIpc) is 3.23. The molecule has 0 radical (unpaired) electrons. The molecule has 35 heavy (non-hydrogen) atoms. The van der Waals surface area contributed by atoms with Gasteiger partial charge in [-0.3, -0.25) is 10.2 Å². The van der Waals surface area contributed by atoms with Gasteiger partial charge in [-0.05, 0) is 42.3 Å². The lowest BCUT2D eigenvalue weighted by atomic mass is 10.00. The summed E-state index contributed by atoms with van der Waals surface area (Å²) in [4.78, 5) is 17.8. The number of hydrogen-bond donors (Lipinski definition) is 4. The Labute approximate surface area is 199 Å². The summed E-state index contributed by atoms with van der Waals surface area (Å²) in [6.45, 7) is 4.31. The quantitative estimate of drug-likeness (QED) is 0.247. The van der Waals surface area contributed by atoms with Gasteiger partial charge in [-0.1, -0.05) is 19.9 Å². The maximum absolute atomic E-state index is 14.3. The Bertz CT molecular complexity index is 1190. The molecule has 2 aromatic carbocycles. The fourth-order valence-electron chi connectivity index (χ4n) is 3.52. The second-order valence-electron chi connectivity index (χ2n) is 6.94. The van der Waals surface area contributed by atoms with Gasteiger partial charge in [0.2, 0.25) is 6.41 Å². The predicted molar refractivity (Wildman–Crippen MR) is 127 cm³/mol. The van der Waals surface area contributed by atoms with Gasteiger partial charge >= 0.3 is 6.18 Å². The van der Waals surface area contributed by atoms with E-state index in [1.165, 1.54) is 11.2 Å². The molecule has 1 aliphatic rings. The number of alkyl halides is 3. The molecule has 8 nitrogen and oxygen atoms in total. The first kappa shape index (κ1) is 27.0. The lowest BCUT2D eigenvalue weighted by Crippen LogP contribution is -2.16. The number of benzene rings is 2. The highest BCUT2D eigenvalue weighted by atomic mass is 19.4. The van der Waals surface area contributed by atoms with Gasteiger partial charge in [-0.15, -0.1) is 0 Å². The Kier molecular flexibility index (Phi) is 8.70. The summed E-state index contributed by atoms with van der Waals surface area (Å²) in [7, 11) is 0. The molecule has 0 fully saturated rings. The molecule has 12 heteroatoms. The third-order valence-corrected chi connectivity index (χ3v) is 4.98. The number of carbonyl (C=O) groups excluding carboxylic acids is 1. The number of aromatic nitrogens is 2. The van der Waals surface area contributed by atoms with Crippen LogP contribution in [0.3, 0.4) is 0 Å². The first-order valence-electron chi connectivity index (χ1n) is 10.5. The van der Waals surface area contributed by atoms with Crippen molar-refractivity contribution in [2.24, 2.45) is 5.73 Å². The van der Waals surface area contributed by atoms with Crippen molar-refractivity contribution in [1.29, 1.82) is 5.41 Å². The number of nitrogens with zero attached hydrogens (tertiary/aromatic N) is 3. The Morgan fingerprint density at radius 3 is 2.23 bits per heavy atom. The van der Waals surface area contributed by atoms with Crippen LogP contribution in [0.5, 0.6) is 0 Å². The van der Waals surface area contributed by atoms with Gasteiger partial charge in [0.25, 0.3) is 0 Å². The molecule has 0 saturated heterocycles. The Morgan fingerprint density at radius 2 is 1.66 bits per heavy atom. The van der Waals surface area contributed by atoms with E-state index in [2.05, 4.69) is 15.7 Å². The van der Waals surface area contributed by atoms with Gasteiger partial charge in [0.1, 0.15) is 23.8 Å². The minimum absolute atomic E-state index is 0.0251. The highest BCUT2D eigenvalue weighted by molar-refractivity contribution is 6.16. The van der Waals surface area contributed by atoms with Crippen molar-refractivity contribution in [3.8, 4) is 0 Å². The van der Waals surface area contributed by atoms with E-state index in [0.717, 1.165) is 23.8 Å². The fraction of sp³-hybridized carbons (Fsp3) is 0.217. The van der Waals surface area contributed by atoms with Crippen LogP contribution in [0, 0.1) is 11.2 Å². The highest BCUT2D eigenvalue weighted by Gasteiger charge is 2.33. The number of primary amides is 1. The van der Waals surface area contributed by atoms with Crippen molar-refractivity contribution in [2.45, 2.75) is 26.4 Å². The van der Waals surface area contributed by atoms with Crippen LogP contribution in [-0.4, -0.2) is 28.6 Å². The van der Waals surface area contributed by atoms with Crippen LogP contribution < -0.4 is 22.1 Å². The Balaban J connectivity index is 0.000000803. The number of hydrogen-bond acceptors (Lipinski definition) is 7. The average molecular weight is 491 g/mol. The normalized spacial score (nSPS) is 12.0. The van der Waals surface area contributed by atoms with E-state index in [4.69, 9.17) is 21.7 Å². The number of fused-ring (bicyclic) bond motifs is 1.